The van der Waals surface area contributed by atoms with Crippen LogP contribution in [0.1, 0.15) is 119 Å². The monoisotopic (exact) mass is 895 g/mol. The second-order valence-corrected chi connectivity index (χ2v) is 19.2. The lowest BCUT2D eigenvalue weighted by Gasteiger charge is -2.37. The number of hydrogen-bond acceptors (Lipinski definition) is 10. The van der Waals surface area contributed by atoms with Gasteiger partial charge in [-0.05, 0) is 83.0 Å². The molecule has 0 spiro atoms. The smallest absolute Gasteiger partial charge is 0.248 e. The van der Waals surface area contributed by atoms with Gasteiger partial charge in [-0.1, -0.05) is 145 Å². The molecule has 2 fully saturated rings. The van der Waals surface area contributed by atoms with Crippen LogP contribution < -0.4 is 0 Å². The van der Waals surface area contributed by atoms with E-state index in [0.717, 1.165) is 110 Å². The SMILES string of the molecule is CCCCC(Cc1nnc(-c2ccc(CN3CC(C)C3)c3ncccc23)o1)c1ccccc1.CCCCCC(Cc1nnc(-c2ccc(CN3CC(C)C3)c3ncccc23)o1)c1ccccc1. The molecular formula is C57H66N8O2. The topological polar surface area (TPSA) is 110 Å². The number of likely N-dealkylation sites (tertiary alicyclic amines) is 2. The van der Waals surface area contributed by atoms with Gasteiger partial charge < -0.3 is 8.83 Å². The largest absolute Gasteiger partial charge is 0.421 e. The Balaban J connectivity index is 0.000000168. The lowest BCUT2D eigenvalue weighted by molar-refractivity contribution is 0.105. The van der Waals surface area contributed by atoms with Crippen LogP contribution in [0.15, 0.2) is 130 Å². The lowest BCUT2D eigenvalue weighted by Crippen LogP contribution is -2.44. The molecule has 2 aliphatic heterocycles. The first-order valence-electron chi connectivity index (χ1n) is 24.9. The minimum atomic E-state index is 0.388. The molecule has 10 rings (SSSR count). The van der Waals surface area contributed by atoms with Crippen LogP contribution >= 0.6 is 0 Å². The average Bonchev–Trinajstić information content (AvgIpc) is 4.02. The summed E-state index contributed by atoms with van der Waals surface area (Å²) < 4.78 is 12.5. The van der Waals surface area contributed by atoms with Crippen molar-refractivity contribution in [3.63, 3.8) is 0 Å². The van der Waals surface area contributed by atoms with Gasteiger partial charge in [0.1, 0.15) is 0 Å². The highest BCUT2D eigenvalue weighted by atomic mass is 16.4. The third-order valence-corrected chi connectivity index (χ3v) is 13.6. The summed E-state index contributed by atoms with van der Waals surface area (Å²) in [5.41, 5.74) is 9.17. The highest BCUT2D eigenvalue weighted by molar-refractivity contribution is 5.95. The molecular weight excluding hydrogens is 829 g/mol. The molecule has 0 saturated carbocycles. The molecule has 0 aliphatic carbocycles. The first-order valence-corrected chi connectivity index (χ1v) is 24.9. The van der Waals surface area contributed by atoms with E-state index in [1.165, 1.54) is 54.4 Å². The molecule has 0 amide bonds. The van der Waals surface area contributed by atoms with E-state index in [1.54, 1.807) is 0 Å². The lowest BCUT2D eigenvalue weighted by atomic mass is 9.90. The predicted molar refractivity (Wildman–Crippen MR) is 268 cm³/mol. The Morgan fingerprint density at radius 3 is 1.39 bits per heavy atom. The Bertz CT molecular complexity index is 2790. The Labute approximate surface area is 396 Å². The van der Waals surface area contributed by atoms with Crippen molar-refractivity contribution in [2.45, 2.75) is 110 Å². The van der Waals surface area contributed by atoms with Crippen LogP contribution in [0.3, 0.4) is 0 Å². The minimum absolute atomic E-state index is 0.388. The van der Waals surface area contributed by atoms with Crippen molar-refractivity contribution < 1.29 is 8.83 Å². The zero-order valence-corrected chi connectivity index (χ0v) is 39.9. The summed E-state index contributed by atoms with van der Waals surface area (Å²) in [6, 6.07) is 38.2. The fourth-order valence-electron chi connectivity index (χ4n) is 10.1. The summed E-state index contributed by atoms with van der Waals surface area (Å²) in [6.07, 6.45) is 13.6. The average molecular weight is 895 g/mol. The van der Waals surface area contributed by atoms with Gasteiger partial charge in [0.25, 0.3) is 0 Å². The van der Waals surface area contributed by atoms with Gasteiger partial charge >= 0.3 is 0 Å². The molecule has 4 aromatic carbocycles. The second-order valence-electron chi connectivity index (χ2n) is 19.2. The normalized spacial score (nSPS) is 15.5. The maximum Gasteiger partial charge on any atom is 0.248 e. The van der Waals surface area contributed by atoms with Gasteiger partial charge in [-0.3, -0.25) is 19.8 Å². The zero-order chi connectivity index (χ0) is 46.0. The molecule has 2 unspecified atom stereocenters. The highest BCUT2D eigenvalue weighted by Crippen LogP contribution is 2.35. The fraction of sp³-hybridized carbons (Fsp3) is 0.404. The molecule has 67 heavy (non-hydrogen) atoms. The van der Waals surface area contributed by atoms with Crippen molar-refractivity contribution in [1.82, 2.24) is 40.2 Å². The summed E-state index contributed by atoms with van der Waals surface area (Å²) in [6.45, 7) is 15.6. The van der Waals surface area contributed by atoms with E-state index in [0.29, 0.717) is 35.4 Å². The molecule has 346 valence electrons. The molecule has 2 atom stereocenters. The van der Waals surface area contributed by atoms with Gasteiger partial charge in [0.2, 0.25) is 23.6 Å². The van der Waals surface area contributed by atoms with Crippen molar-refractivity contribution in [3.8, 4) is 22.9 Å². The quantitative estimate of drug-likeness (QED) is 0.0728. The van der Waals surface area contributed by atoms with Crippen molar-refractivity contribution >= 4 is 21.8 Å². The van der Waals surface area contributed by atoms with Crippen molar-refractivity contribution in [2.75, 3.05) is 26.2 Å². The Morgan fingerprint density at radius 2 is 0.955 bits per heavy atom. The number of aromatic nitrogens is 6. The summed E-state index contributed by atoms with van der Waals surface area (Å²) in [5, 5.41) is 19.9. The van der Waals surface area contributed by atoms with Crippen LogP contribution in [0.4, 0.5) is 0 Å². The maximum absolute atomic E-state index is 6.24. The van der Waals surface area contributed by atoms with Gasteiger partial charge in [-0.15, -0.1) is 20.4 Å². The van der Waals surface area contributed by atoms with E-state index in [2.05, 4.69) is 155 Å². The molecule has 2 saturated heterocycles. The maximum atomic E-state index is 6.24. The Kier molecular flexibility index (Phi) is 15.2. The molecule has 2 aliphatic rings. The van der Waals surface area contributed by atoms with E-state index < -0.39 is 0 Å². The number of hydrogen-bond donors (Lipinski definition) is 0. The van der Waals surface area contributed by atoms with Gasteiger partial charge in [0, 0.05) is 86.4 Å². The number of rotatable bonds is 19. The first kappa shape index (κ1) is 46.0. The summed E-state index contributed by atoms with van der Waals surface area (Å²) >= 11 is 0. The molecule has 0 N–H and O–H groups in total. The predicted octanol–water partition coefficient (Wildman–Crippen LogP) is 12.9. The van der Waals surface area contributed by atoms with E-state index >= 15 is 0 Å². The van der Waals surface area contributed by atoms with Crippen molar-refractivity contribution in [1.29, 1.82) is 0 Å². The Morgan fingerprint density at radius 1 is 0.507 bits per heavy atom. The number of unbranched alkanes of at least 4 members (excludes halogenated alkanes) is 3. The van der Waals surface area contributed by atoms with Crippen molar-refractivity contribution in [2.24, 2.45) is 11.8 Å². The number of nitrogens with zero attached hydrogens (tertiary/aromatic N) is 8. The second kappa shape index (κ2) is 22.1. The van der Waals surface area contributed by atoms with Gasteiger partial charge in [0.05, 0.1) is 11.0 Å². The minimum Gasteiger partial charge on any atom is -0.421 e. The first-order chi connectivity index (χ1) is 32.9. The fourth-order valence-corrected chi connectivity index (χ4v) is 10.1. The molecule has 10 heteroatoms. The van der Waals surface area contributed by atoms with Gasteiger partial charge in [0.15, 0.2) is 0 Å². The van der Waals surface area contributed by atoms with Crippen LogP contribution in [-0.2, 0) is 25.9 Å². The molecule has 10 nitrogen and oxygen atoms in total. The summed E-state index contributed by atoms with van der Waals surface area (Å²) in [4.78, 5) is 14.4. The van der Waals surface area contributed by atoms with E-state index in [4.69, 9.17) is 18.8 Å². The molecule has 4 aromatic heterocycles. The van der Waals surface area contributed by atoms with Crippen LogP contribution in [0.5, 0.6) is 0 Å². The van der Waals surface area contributed by atoms with Crippen molar-refractivity contribution in [3.05, 3.63) is 156 Å². The highest BCUT2D eigenvalue weighted by Gasteiger charge is 2.26. The number of fused-ring (bicyclic) bond motifs is 2. The molecule has 0 radical (unpaired) electrons. The van der Waals surface area contributed by atoms with E-state index in [-0.39, 0.29) is 0 Å². The molecule has 8 aromatic rings. The summed E-state index contributed by atoms with van der Waals surface area (Å²) in [7, 11) is 0. The molecule has 6 heterocycles. The Hall–Kier alpha value is -6.10. The zero-order valence-electron chi connectivity index (χ0n) is 39.9. The van der Waals surface area contributed by atoms with E-state index in [9.17, 15) is 0 Å². The summed E-state index contributed by atoms with van der Waals surface area (Å²) in [5.74, 6) is 4.92. The third-order valence-electron chi connectivity index (χ3n) is 13.6. The van der Waals surface area contributed by atoms with Gasteiger partial charge in [-0.2, -0.15) is 0 Å². The van der Waals surface area contributed by atoms with Crippen LogP contribution in [0.2, 0.25) is 0 Å². The van der Waals surface area contributed by atoms with Crippen LogP contribution in [-0.4, -0.2) is 66.3 Å². The van der Waals surface area contributed by atoms with Crippen LogP contribution in [0, 0.1) is 11.8 Å². The third kappa shape index (κ3) is 11.4. The van der Waals surface area contributed by atoms with E-state index in [1.807, 2.05) is 24.5 Å². The number of pyridine rings is 2. The molecule has 0 bridgehead atoms. The van der Waals surface area contributed by atoms with Gasteiger partial charge in [-0.25, -0.2) is 0 Å². The number of benzene rings is 4. The standard InChI is InChI=1S/C29H34N4O.C28H32N4O/c1-3-4-6-12-23(22-10-7-5-8-11-22)17-27-31-32-29(34-27)26-15-14-24(20-33-18-21(2)19-33)28-25(26)13-9-16-30-28;1-3-4-9-22(21-10-6-5-7-11-21)16-26-30-31-28(33-26)25-14-13-23(19-32-17-20(2)18-32)27-24(25)12-8-15-29-27/h5,7-11,13-16,21,23H,3-4,6,12,17-20H2,1-2H3;5-8,10-15,20,22H,3-4,9,16-19H2,1-2H3. The van der Waals surface area contributed by atoms with Crippen LogP contribution in [0.25, 0.3) is 44.7 Å².